The van der Waals surface area contributed by atoms with Gasteiger partial charge in [-0.2, -0.15) is 0 Å². The lowest BCUT2D eigenvalue weighted by molar-refractivity contribution is -0.143. The summed E-state index contributed by atoms with van der Waals surface area (Å²) in [6.45, 7) is 1.70. The third-order valence-corrected chi connectivity index (χ3v) is 5.70. The molecule has 0 saturated carbocycles. The normalized spacial score (nSPS) is 19.4. The van der Waals surface area contributed by atoms with Crippen molar-refractivity contribution in [3.05, 3.63) is 19.8 Å². The zero-order valence-electron chi connectivity index (χ0n) is 9.86. The number of aliphatic carboxylic acids is 1. The fourth-order valence-electron chi connectivity index (χ4n) is 2.31. The maximum Gasteiger partial charge on any atom is 0.326 e. The molecular formula is C12H15BrClNO2S. The Balaban J connectivity index is 2.24. The molecule has 18 heavy (non-hydrogen) atoms. The molecule has 0 aromatic carbocycles. The molecule has 2 rings (SSSR count). The lowest BCUT2D eigenvalue weighted by atomic mass is 10.2. The van der Waals surface area contributed by atoms with E-state index >= 15 is 0 Å². The van der Waals surface area contributed by atoms with Gasteiger partial charge < -0.3 is 5.11 Å². The van der Waals surface area contributed by atoms with Gasteiger partial charge in [-0.1, -0.05) is 24.4 Å². The van der Waals surface area contributed by atoms with Crippen molar-refractivity contribution in [2.75, 3.05) is 13.1 Å². The van der Waals surface area contributed by atoms with E-state index in [1.54, 1.807) is 0 Å². The van der Waals surface area contributed by atoms with Crippen molar-refractivity contribution in [2.45, 2.75) is 31.7 Å². The van der Waals surface area contributed by atoms with E-state index < -0.39 is 12.0 Å². The van der Waals surface area contributed by atoms with Crippen molar-refractivity contribution in [1.82, 2.24) is 4.90 Å². The largest absolute Gasteiger partial charge is 0.480 e. The smallest absolute Gasteiger partial charge is 0.326 e. The van der Waals surface area contributed by atoms with Crippen LogP contribution >= 0.6 is 38.9 Å². The van der Waals surface area contributed by atoms with Gasteiger partial charge in [0.25, 0.3) is 0 Å². The topological polar surface area (TPSA) is 40.5 Å². The van der Waals surface area contributed by atoms with E-state index in [-0.39, 0.29) is 0 Å². The van der Waals surface area contributed by atoms with Gasteiger partial charge in [-0.05, 0) is 47.9 Å². The van der Waals surface area contributed by atoms with Crippen molar-refractivity contribution < 1.29 is 9.90 Å². The minimum atomic E-state index is -0.790. The summed E-state index contributed by atoms with van der Waals surface area (Å²) in [5.74, 6) is -0.790. The summed E-state index contributed by atoms with van der Waals surface area (Å²) in [6.07, 6.45) is 4.53. The van der Waals surface area contributed by atoms with Crippen molar-refractivity contribution in [1.29, 1.82) is 0 Å². The summed E-state index contributed by atoms with van der Waals surface area (Å²) < 4.78 is 1.40. The van der Waals surface area contributed by atoms with Gasteiger partial charge in [0.05, 0.1) is 0 Å². The zero-order chi connectivity index (χ0) is 13.1. The van der Waals surface area contributed by atoms with E-state index in [1.165, 1.54) is 24.2 Å². The summed E-state index contributed by atoms with van der Waals surface area (Å²) in [7, 11) is 0. The van der Waals surface area contributed by atoms with E-state index in [0.29, 0.717) is 4.34 Å². The van der Waals surface area contributed by atoms with Crippen molar-refractivity contribution in [3.8, 4) is 0 Å². The molecule has 1 N–H and O–H groups in total. The third-order valence-electron chi connectivity index (χ3n) is 3.17. The minimum Gasteiger partial charge on any atom is -0.480 e. The van der Waals surface area contributed by atoms with Crippen molar-refractivity contribution in [2.24, 2.45) is 0 Å². The van der Waals surface area contributed by atoms with Gasteiger partial charge in [-0.25, -0.2) is 0 Å². The maximum atomic E-state index is 11.5. The van der Waals surface area contributed by atoms with Gasteiger partial charge in [0, 0.05) is 9.35 Å². The lowest BCUT2D eigenvalue weighted by Gasteiger charge is -2.26. The summed E-state index contributed by atoms with van der Waals surface area (Å²) in [6, 6.07) is 1.27. The first kappa shape index (κ1) is 14.3. The first-order valence-electron chi connectivity index (χ1n) is 6.01. The van der Waals surface area contributed by atoms with Crippen LogP contribution in [-0.4, -0.2) is 29.1 Å². The molecule has 1 aliphatic rings. The van der Waals surface area contributed by atoms with Crippen LogP contribution in [0, 0.1) is 0 Å². The highest BCUT2D eigenvalue weighted by atomic mass is 79.9. The number of thiophene rings is 1. The van der Waals surface area contributed by atoms with Crippen LogP contribution in [0.4, 0.5) is 0 Å². The number of rotatable bonds is 3. The molecule has 100 valence electrons. The number of hydrogen-bond acceptors (Lipinski definition) is 3. The Bertz CT molecular complexity index is 410. The fraction of sp³-hybridized carbons (Fsp3) is 0.583. The predicted octanol–water partition coefficient (Wildman–Crippen LogP) is 4.17. The third kappa shape index (κ3) is 3.26. The van der Waals surface area contributed by atoms with Crippen LogP contribution in [0.3, 0.4) is 0 Å². The van der Waals surface area contributed by atoms with Gasteiger partial charge in [-0.15, -0.1) is 11.3 Å². The molecule has 0 amide bonds. The fourth-order valence-corrected chi connectivity index (χ4v) is 4.17. The molecule has 0 radical (unpaired) electrons. The maximum absolute atomic E-state index is 11.5. The van der Waals surface area contributed by atoms with Crippen LogP contribution in [0.5, 0.6) is 0 Å². The zero-order valence-corrected chi connectivity index (χ0v) is 13.0. The van der Waals surface area contributed by atoms with Gasteiger partial charge in [0.1, 0.15) is 10.4 Å². The Kier molecular flexibility index (Phi) is 5.06. The first-order chi connectivity index (χ1) is 8.59. The molecule has 1 aromatic rings. The van der Waals surface area contributed by atoms with E-state index in [1.807, 2.05) is 6.07 Å². The molecular weight excluding hydrogens is 338 g/mol. The summed E-state index contributed by atoms with van der Waals surface area (Å²) >= 11 is 10.7. The van der Waals surface area contributed by atoms with Crippen molar-refractivity contribution >= 4 is 44.8 Å². The van der Waals surface area contributed by atoms with Gasteiger partial charge in [0.15, 0.2) is 0 Å². The number of hydrogen-bond donors (Lipinski definition) is 1. The molecule has 1 unspecified atom stereocenters. The van der Waals surface area contributed by atoms with Crippen LogP contribution in [0.15, 0.2) is 10.5 Å². The second kappa shape index (κ2) is 6.37. The van der Waals surface area contributed by atoms with Crippen LogP contribution in [0.2, 0.25) is 4.34 Å². The second-order valence-corrected chi connectivity index (χ2v) is 7.00. The quantitative estimate of drug-likeness (QED) is 0.887. The predicted molar refractivity (Wildman–Crippen MR) is 77.4 cm³/mol. The average molecular weight is 353 g/mol. The Morgan fingerprint density at radius 2 is 2.00 bits per heavy atom. The molecule has 0 bridgehead atoms. The van der Waals surface area contributed by atoms with Gasteiger partial charge >= 0.3 is 5.97 Å². The molecule has 1 atom stereocenters. The van der Waals surface area contributed by atoms with Crippen LogP contribution in [0.25, 0.3) is 0 Å². The van der Waals surface area contributed by atoms with E-state index in [0.717, 1.165) is 35.3 Å². The molecule has 1 aliphatic heterocycles. The molecule has 0 aliphatic carbocycles. The van der Waals surface area contributed by atoms with E-state index in [2.05, 4.69) is 20.8 Å². The van der Waals surface area contributed by atoms with Crippen molar-refractivity contribution in [3.63, 3.8) is 0 Å². The number of nitrogens with zero attached hydrogens (tertiary/aromatic N) is 1. The number of carboxylic acids is 1. The number of carbonyl (C=O) groups is 1. The number of likely N-dealkylation sites (tertiary alicyclic amines) is 1. The summed E-state index contributed by atoms with van der Waals surface area (Å²) in [5, 5.41) is 9.48. The second-order valence-electron chi connectivity index (χ2n) is 4.46. The Morgan fingerprint density at radius 1 is 1.39 bits per heavy atom. The molecule has 1 fully saturated rings. The number of carboxylic acid groups (broad SMARTS) is 1. The molecule has 1 saturated heterocycles. The Morgan fingerprint density at radius 3 is 2.44 bits per heavy atom. The van der Waals surface area contributed by atoms with E-state index in [4.69, 9.17) is 11.6 Å². The minimum absolute atomic E-state index is 0.558. The average Bonchev–Trinajstić information content (AvgIpc) is 2.55. The van der Waals surface area contributed by atoms with Gasteiger partial charge in [-0.3, -0.25) is 9.69 Å². The van der Waals surface area contributed by atoms with E-state index in [9.17, 15) is 9.90 Å². The highest BCUT2D eigenvalue weighted by molar-refractivity contribution is 9.10. The van der Waals surface area contributed by atoms with Crippen LogP contribution in [0.1, 0.15) is 36.6 Å². The highest BCUT2D eigenvalue weighted by Crippen LogP contribution is 2.37. The molecule has 6 heteroatoms. The molecule has 0 spiro atoms. The molecule has 3 nitrogen and oxygen atoms in total. The monoisotopic (exact) mass is 351 g/mol. The van der Waals surface area contributed by atoms with Crippen LogP contribution < -0.4 is 0 Å². The summed E-state index contributed by atoms with van der Waals surface area (Å²) in [5.41, 5.74) is 0. The lowest BCUT2D eigenvalue weighted by Crippen LogP contribution is -2.34. The first-order valence-corrected chi connectivity index (χ1v) is 8.00. The highest BCUT2D eigenvalue weighted by Gasteiger charge is 2.29. The SMILES string of the molecule is O=C(O)C(c1cc(Br)c(Cl)s1)N1CCCCCC1. The Labute approximate surface area is 124 Å². The van der Waals surface area contributed by atoms with Gasteiger partial charge in [0.2, 0.25) is 0 Å². The molecule has 1 aromatic heterocycles. The number of halogens is 2. The molecule has 2 heterocycles. The Hall–Kier alpha value is -0.100. The summed E-state index contributed by atoms with van der Waals surface area (Å²) in [4.78, 5) is 14.4. The standard InChI is InChI=1S/C12H15BrClNO2S/c13-8-7-9(18-11(8)14)10(12(16)17)15-5-3-1-2-4-6-15/h7,10H,1-6H2,(H,16,17). The van der Waals surface area contributed by atoms with Crippen LogP contribution in [-0.2, 0) is 4.79 Å².